The van der Waals surface area contributed by atoms with Crippen LogP contribution in [-0.4, -0.2) is 61.6 Å². The van der Waals surface area contributed by atoms with Crippen molar-refractivity contribution in [3.8, 4) is 5.75 Å². The fourth-order valence-electron chi connectivity index (χ4n) is 3.66. The van der Waals surface area contributed by atoms with Gasteiger partial charge in [-0.1, -0.05) is 18.2 Å². The molecule has 6 nitrogen and oxygen atoms in total. The van der Waals surface area contributed by atoms with Gasteiger partial charge in [0.2, 0.25) is 15.9 Å². The first-order chi connectivity index (χ1) is 11.9. The molecule has 0 aliphatic carbocycles. The van der Waals surface area contributed by atoms with Gasteiger partial charge in [0.1, 0.15) is 17.9 Å². The van der Waals surface area contributed by atoms with Crippen LogP contribution >= 0.6 is 0 Å². The van der Waals surface area contributed by atoms with Gasteiger partial charge >= 0.3 is 0 Å². The number of carbonyl (C=O) groups excluding carboxylic acids is 1. The SMILES string of the molecule is Cc1ccccc1OC1CCN(C(=O)[C@H]2CCCN2S(C)(=O)=O)CC1. The summed E-state index contributed by atoms with van der Waals surface area (Å²) in [6.07, 6.45) is 4.18. The third kappa shape index (κ3) is 4.15. The number of carbonyl (C=O) groups is 1. The number of para-hydroxylation sites is 1. The monoisotopic (exact) mass is 366 g/mol. The third-order valence-corrected chi connectivity index (χ3v) is 6.34. The summed E-state index contributed by atoms with van der Waals surface area (Å²) < 4.78 is 31.1. The Labute approximate surface area is 149 Å². The molecule has 1 aromatic rings. The molecule has 0 unspecified atom stereocenters. The minimum absolute atomic E-state index is 0.0581. The summed E-state index contributed by atoms with van der Waals surface area (Å²) in [5.41, 5.74) is 1.11. The Morgan fingerprint density at radius 1 is 1.12 bits per heavy atom. The molecule has 25 heavy (non-hydrogen) atoms. The van der Waals surface area contributed by atoms with Crippen molar-refractivity contribution < 1.29 is 17.9 Å². The van der Waals surface area contributed by atoms with E-state index in [0.29, 0.717) is 26.1 Å². The highest BCUT2D eigenvalue weighted by Gasteiger charge is 2.39. The molecule has 0 bridgehead atoms. The van der Waals surface area contributed by atoms with Crippen molar-refractivity contribution in [3.63, 3.8) is 0 Å². The lowest BCUT2D eigenvalue weighted by atomic mass is 10.1. The molecule has 3 rings (SSSR count). The largest absolute Gasteiger partial charge is 0.490 e. The van der Waals surface area contributed by atoms with Gasteiger partial charge in [0.05, 0.1) is 6.26 Å². The number of ether oxygens (including phenoxy) is 1. The molecule has 2 fully saturated rings. The van der Waals surface area contributed by atoms with Crippen LogP contribution in [-0.2, 0) is 14.8 Å². The summed E-state index contributed by atoms with van der Waals surface area (Å²) in [6, 6.07) is 7.41. The van der Waals surface area contributed by atoms with Crippen LogP contribution in [0.1, 0.15) is 31.2 Å². The molecule has 2 saturated heterocycles. The zero-order valence-corrected chi connectivity index (χ0v) is 15.7. The minimum atomic E-state index is -3.33. The van der Waals surface area contributed by atoms with E-state index in [0.717, 1.165) is 30.6 Å². The van der Waals surface area contributed by atoms with E-state index in [-0.39, 0.29) is 12.0 Å². The zero-order chi connectivity index (χ0) is 18.0. The number of rotatable bonds is 4. The van der Waals surface area contributed by atoms with Gasteiger partial charge in [0.25, 0.3) is 0 Å². The maximum absolute atomic E-state index is 12.8. The van der Waals surface area contributed by atoms with Gasteiger partial charge in [0.15, 0.2) is 0 Å². The third-order valence-electron chi connectivity index (χ3n) is 5.06. The molecule has 0 radical (unpaired) electrons. The van der Waals surface area contributed by atoms with Crippen molar-refractivity contribution in [2.24, 2.45) is 0 Å². The van der Waals surface area contributed by atoms with E-state index in [1.54, 1.807) is 4.90 Å². The molecule has 2 aliphatic rings. The lowest BCUT2D eigenvalue weighted by Crippen LogP contribution is -2.50. The Hall–Kier alpha value is -1.60. The first kappa shape index (κ1) is 18.2. The molecule has 7 heteroatoms. The predicted molar refractivity (Wildman–Crippen MR) is 96.0 cm³/mol. The van der Waals surface area contributed by atoms with Crippen molar-refractivity contribution >= 4 is 15.9 Å². The van der Waals surface area contributed by atoms with Crippen LogP contribution in [0.15, 0.2) is 24.3 Å². The van der Waals surface area contributed by atoms with Gasteiger partial charge in [-0.25, -0.2) is 8.42 Å². The van der Waals surface area contributed by atoms with E-state index in [1.165, 1.54) is 10.6 Å². The fourth-order valence-corrected chi connectivity index (χ4v) is 4.78. The Morgan fingerprint density at radius 2 is 1.80 bits per heavy atom. The molecule has 0 spiro atoms. The average Bonchev–Trinajstić information content (AvgIpc) is 3.07. The molecule has 1 aromatic carbocycles. The lowest BCUT2D eigenvalue weighted by molar-refractivity contribution is -0.136. The summed E-state index contributed by atoms with van der Waals surface area (Å²) >= 11 is 0. The highest BCUT2D eigenvalue weighted by Crippen LogP contribution is 2.26. The van der Waals surface area contributed by atoms with Crippen LogP contribution in [0.3, 0.4) is 0 Å². The minimum Gasteiger partial charge on any atom is -0.490 e. The van der Waals surface area contributed by atoms with Crippen molar-refractivity contribution in [2.45, 2.75) is 44.8 Å². The van der Waals surface area contributed by atoms with E-state index in [9.17, 15) is 13.2 Å². The van der Waals surface area contributed by atoms with E-state index in [4.69, 9.17) is 4.74 Å². The van der Waals surface area contributed by atoms with Gasteiger partial charge in [-0.15, -0.1) is 0 Å². The van der Waals surface area contributed by atoms with Crippen molar-refractivity contribution in [1.82, 2.24) is 9.21 Å². The maximum atomic E-state index is 12.8. The second kappa shape index (κ2) is 7.33. The van der Waals surface area contributed by atoms with Gasteiger partial charge in [-0.05, 0) is 31.4 Å². The van der Waals surface area contributed by atoms with Crippen LogP contribution in [0.2, 0.25) is 0 Å². The average molecular weight is 366 g/mol. The smallest absolute Gasteiger partial charge is 0.241 e. The number of piperidine rings is 1. The van der Waals surface area contributed by atoms with E-state index >= 15 is 0 Å². The normalized spacial score (nSPS) is 23.0. The van der Waals surface area contributed by atoms with Gasteiger partial charge in [-0.2, -0.15) is 4.31 Å². The van der Waals surface area contributed by atoms with E-state index in [2.05, 4.69) is 0 Å². The number of sulfonamides is 1. The number of aryl methyl sites for hydroxylation is 1. The second-order valence-electron chi connectivity index (χ2n) is 6.94. The Bertz CT molecular complexity index is 726. The number of hydrogen-bond acceptors (Lipinski definition) is 4. The Balaban J connectivity index is 1.57. The molecular weight excluding hydrogens is 340 g/mol. The summed E-state index contributed by atoms with van der Waals surface area (Å²) in [5, 5.41) is 0. The molecule has 1 amide bonds. The molecule has 0 aromatic heterocycles. The highest BCUT2D eigenvalue weighted by molar-refractivity contribution is 7.88. The molecule has 0 N–H and O–H groups in total. The summed E-state index contributed by atoms with van der Waals surface area (Å²) in [7, 11) is -3.33. The molecule has 2 heterocycles. The number of amides is 1. The van der Waals surface area contributed by atoms with Crippen LogP contribution < -0.4 is 4.74 Å². The Morgan fingerprint density at radius 3 is 2.44 bits per heavy atom. The fraction of sp³-hybridized carbons (Fsp3) is 0.611. The van der Waals surface area contributed by atoms with Crippen LogP contribution in [0.25, 0.3) is 0 Å². The van der Waals surface area contributed by atoms with Crippen LogP contribution in [0, 0.1) is 6.92 Å². The molecular formula is C18H26N2O4S. The number of hydrogen-bond donors (Lipinski definition) is 0. The maximum Gasteiger partial charge on any atom is 0.241 e. The van der Waals surface area contributed by atoms with Gasteiger partial charge in [0, 0.05) is 32.5 Å². The highest BCUT2D eigenvalue weighted by atomic mass is 32.2. The van der Waals surface area contributed by atoms with Gasteiger partial charge in [-0.3, -0.25) is 4.79 Å². The van der Waals surface area contributed by atoms with Crippen molar-refractivity contribution in [2.75, 3.05) is 25.9 Å². The molecule has 138 valence electrons. The number of benzene rings is 1. The molecule has 2 aliphatic heterocycles. The first-order valence-corrected chi connectivity index (χ1v) is 10.7. The molecule has 0 saturated carbocycles. The second-order valence-corrected chi connectivity index (χ2v) is 8.87. The zero-order valence-electron chi connectivity index (χ0n) is 14.8. The topological polar surface area (TPSA) is 66.9 Å². The van der Waals surface area contributed by atoms with Crippen LogP contribution in [0.4, 0.5) is 0 Å². The Kier molecular flexibility index (Phi) is 5.34. The first-order valence-electron chi connectivity index (χ1n) is 8.84. The standard InChI is InChI=1S/C18H26N2O4S/c1-14-6-3-4-8-17(14)24-15-9-12-19(13-10-15)18(21)16-7-5-11-20(16)25(2,22)23/h3-4,6,8,15-16H,5,7,9-13H2,1-2H3/t16-/m1/s1. The van der Waals surface area contributed by atoms with E-state index < -0.39 is 16.1 Å². The molecule has 1 atom stereocenters. The van der Waals surface area contributed by atoms with Gasteiger partial charge < -0.3 is 9.64 Å². The van der Waals surface area contributed by atoms with Crippen molar-refractivity contribution in [1.29, 1.82) is 0 Å². The quantitative estimate of drug-likeness (QED) is 0.815. The summed E-state index contributed by atoms with van der Waals surface area (Å²) in [5.74, 6) is 0.837. The van der Waals surface area contributed by atoms with E-state index in [1.807, 2.05) is 31.2 Å². The number of nitrogens with zero attached hydrogens (tertiary/aromatic N) is 2. The summed E-state index contributed by atoms with van der Waals surface area (Å²) in [6.45, 7) is 3.70. The van der Waals surface area contributed by atoms with Crippen molar-refractivity contribution in [3.05, 3.63) is 29.8 Å². The van der Waals surface area contributed by atoms with Crippen LogP contribution in [0.5, 0.6) is 5.75 Å². The number of likely N-dealkylation sites (tertiary alicyclic amines) is 1. The predicted octanol–water partition coefficient (Wildman–Crippen LogP) is 1.79. The summed E-state index contributed by atoms with van der Waals surface area (Å²) in [4.78, 5) is 14.6. The lowest BCUT2D eigenvalue weighted by Gasteiger charge is -2.35.